The van der Waals surface area contributed by atoms with Crippen LogP contribution in [0.3, 0.4) is 0 Å². The van der Waals surface area contributed by atoms with E-state index >= 15 is 0 Å². The Morgan fingerprint density at radius 3 is 2.65 bits per heavy atom. The summed E-state index contributed by atoms with van der Waals surface area (Å²) < 4.78 is 31.7. The third-order valence-corrected chi connectivity index (χ3v) is 13.6. The van der Waals surface area contributed by atoms with Crippen molar-refractivity contribution in [3.63, 3.8) is 0 Å². The van der Waals surface area contributed by atoms with Gasteiger partial charge in [0.05, 0.1) is 18.2 Å². The topological polar surface area (TPSA) is 95.0 Å². The first-order valence-electron chi connectivity index (χ1n) is 14.1. The summed E-state index contributed by atoms with van der Waals surface area (Å²) in [6.45, 7) is 14.7. The number of pyridine rings is 1. The van der Waals surface area contributed by atoms with Crippen LogP contribution in [0.4, 0.5) is 5.82 Å². The minimum atomic E-state index is -1.74. The van der Waals surface area contributed by atoms with E-state index in [0.717, 1.165) is 55.0 Å². The maximum atomic E-state index is 11.3. The highest BCUT2D eigenvalue weighted by Crippen LogP contribution is 2.38. The van der Waals surface area contributed by atoms with Crippen molar-refractivity contribution in [1.82, 2.24) is 19.6 Å². The minimum absolute atomic E-state index is 0.231. The third kappa shape index (κ3) is 6.26. The summed E-state index contributed by atoms with van der Waals surface area (Å²) in [6.07, 6.45) is 8.17. The second kappa shape index (κ2) is 11.6. The fourth-order valence-electron chi connectivity index (χ4n) is 4.72. The fourth-order valence-corrected chi connectivity index (χ4v) is 6.33. The second-order valence-electron chi connectivity index (χ2n) is 12.2. The van der Waals surface area contributed by atoms with Gasteiger partial charge in [0.25, 0.3) is 0 Å². The lowest BCUT2D eigenvalue weighted by atomic mass is 9.98. The van der Waals surface area contributed by atoms with E-state index in [0.29, 0.717) is 42.0 Å². The number of ether oxygens (including phenoxy) is 1. The number of nitrogens with zero attached hydrogens (tertiary/aromatic N) is 5. The summed E-state index contributed by atoms with van der Waals surface area (Å²) in [7, 11) is -2.57. The molecule has 1 saturated heterocycles. The van der Waals surface area contributed by atoms with E-state index in [2.05, 4.69) is 48.8 Å². The van der Waals surface area contributed by atoms with Crippen LogP contribution in [-0.2, 0) is 15.2 Å². The highest BCUT2D eigenvalue weighted by molar-refractivity contribution is 7.84. The maximum absolute atomic E-state index is 11.3. The predicted octanol–water partition coefficient (Wildman–Crippen LogP) is 5.92. The molecule has 1 fully saturated rings. The lowest BCUT2D eigenvalue weighted by Crippen LogP contribution is -2.43. The first kappa shape index (κ1) is 28.8. The van der Waals surface area contributed by atoms with Crippen LogP contribution >= 0.6 is 0 Å². The van der Waals surface area contributed by atoms with Gasteiger partial charge in [-0.3, -0.25) is 4.21 Å². The Labute approximate surface area is 239 Å². The summed E-state index contributed by atoms with van der Waals surface area (Å²) >= 11 is 0. The average molecular weight is 584 g/mol. The lowest BCUT2D eigenvalue weighted by molar-refractivity contribution is 0.205. The molecule has 4 aromatic heterocycles. The molecular weight excluding hydrogens is 543 g/mol. The molecule has 0 saturated carbocycles. The van der Waals surface area contributed by atoms with E-state index in [-0.39, 0.29) is 5.04 Å². The Morgan fingerprint density at radius 1 is 1.15 bits per heavy atom. The van der Waals surface area contributed by atoms with Crippen LogP contribution in [0, 0.1) is 5.92 Å². The standard InChI is InChI=1S/C29H41N5O4SSi/c1-29(2,3)40(5,6)37-20-21-11-14-33(15-12-21)28-22-18-25(38-24(22)10-13-30-28)23-19-31-26-8-9-27(32-34(23)26)36-16-7-17-39(4)35/h8-10,13,18-19,21H,7,11-12,14-17,20H2,1-6H3. The molecule has 9 nitrogen and oxygen atoms in total. The van der Waals surface area contributed by atoms with Crippen molar-refractivity contribution in [2.45, 2.75) is 58.2 Å². The van der Waals surface area contributed by atoms with Crippen LogP contribution < -0.4 is 9.64 Å². The van der Waals surface area contributed by atoms with Gasteiger partial charge in [-0.25, -0.2) is 14.5 Å². The van der Waals surface area contributed by atoms with Gasteiger partial charge in [0.2, 0.25) is 5.88 Å². The van der Waals surface area contributed by atoms with Crippen LogP contribution in [0.5, 0.6) is 5.88 Å². The molecule has 216 valence electrons. The summed E-state index contributed by atoms with van der Waals surface area (Å²) in [5.74, 6) is 3.31. The summed E-state index contributed by atoms with van der Waals surface area (Å²) in [6, 6.07) is 7.62. The summed E-state index contributed by atoms with van der Waals surface area (Å²) in [5.41, 5.74) is 2.25. The second-order valence-corrected chi connectivity index (χ2v) is 18.6. The average Bonchev–Trinajstić information content (AvgIpc) is 3.53. The van der Waals surface area contributed by atoms with Gasteiger partial charge in [-0.1, -0.05) is 20.8 Å². The van der Waals surface area contributed by atoms with Crippen molar-refractivity contribution in [2.75, 3.05) is 43.2 Å². The van der Waals surface area contributed by atoms with Gasteiger partial charge in [0.15, 0.2) is 19.7 Å². The molecule has 0 bridgehead atoms. The zero-order valence-electron chi connectivity index (χ0n) is 24.5. The largest absolute Gasteiger partial charge is 0.477 e. The van der Waals surface area contributed by atoms with Crippen molar-refractivity contribution in [3.05, 3.63) is 36.7 Å². The van der Waals surface area contributed by atoms with Crippen molar-refractivity contribution >= 4 is 41.6 Å². The van der Waals surface area contributed by atoms with Crippen molar-refractivity contribution in [1.29, 1.82) is 0 Å². The Kier molecular flexibility index (Phi) is 8.35. The van der Waals surface area contributed by atoms with Gasteiger partial charge in [-0.2, -0.15) is 0 Å². The summed E-state index contributed by atoms with van der Waals surface area (Å²) in [4.78, 5) is 11.6. The van der Waals surface area contributed by atoms with Gasteiger partial charge in [-0.05, 0) is 61.5 Å². The number of piperidine rings is 1. The third-order valence-electron chi connectivity index (χ3n) is 8.24. The number of hydrogen-bond donors (Lipinski definition) is 0. The smallest absolute Gasteiger partial charge is 0.231 e. The Bertz CT molecular complexity index is 1490. The number of aromatic nitrogens is 4. The molecule has 0 spiro atoms. The number of furan rings is 1. The van der Waals surface area contributed by atoms with Crippen LogP contribution in [0.2, 0.25) is 18.1 Å². The van der Waals surface area contributed by atoms with E-state index in [1.807, 2.05) is 24.4 Å². The number of imidazole rings is 1. The molecule has 0 aliphatic carbocycles. The molecule has 1 unspecified atom stereocenters. The number of hydrogen-bond acceptors (Lipinski definition) is 8. The van der Waals surface area contributed by atoms with Gasteiger partial charge >= 0.3 is 0 Å². The van der Waals surface area contributed by atoms with Crippen LogP contribution in [0.25, 0.3) is 28.1 Å². The van der Waals surface area contributed by atoms with Crippen LogP contribution in [0.15, 0.2) is 41.1 Å². The molecule has 11 heteroatoms. The highest BCUT2D eigenvalue weighted by atomic mass is 32.2. The molecule has 0 amide bonds. The molecule has 5 heterocycles. The lowest BCUT2D eigenvalue weighted by Gasteiger charge is -2.39. The molecule has 0 radical (unpaired) electrons. The number of rotatable bonds is 10. The van der Waals surface area contributed by atoms with E-state index in [1.165, 1.54) is 0 Å². The van der Waals surface area contributed by atoms with E-state index in [1.54, 1.807) is 23.0 Å². The molecule has 4 aromatic rings. The Hall–Kier alpha value is -2.76. The molecule has 1 aliphatic heterocycles. The molecule has 0 aromatic carbocycles. The van der Waals surface area contributed by atoms with E-state index < -0.39 is 19.1 Å². The molecule has 40 heavy (non-hydrogen) atoms. The van der Waals surface area contributed by atoms with E-state index in [4.69, 9.17) is 18.6 Å². The van der Waals surface area contributed by atoms with E-state index in [9.17, 15) is 4.21 Å². The molecule has 5 rings (SSSR count). The molecular formula is C29H41N5O4SSi. The molecule has 1 aliphatic rings. The van der Waals surface area contributed by atoms with Gasteiger partial charge in [0.1, 0.15) is 17.1 Å². The highest BCUT2D eigenvalue weighted by Gasteiger charge is 2.38. The first-order valence-corrected chi connectivity index (χ1v) is 18.7. The SMILES string of the molecule is CS(=O)CCCOc1ccc2ncc(-c3cc4c(N5CCC(CO[Si](C)(C)C(C)(C)C)CC5)nccc4o3)n2n1. The quantitative estimate of drug-likeness (QED) is 0.168. The van der Waals surface area contributed by atoms with Crippen LogP contribution in [-0.4, -0.2) is 70.4 Å². The molecule has 1 atom stereocenters. The Morgan fingerprint density at radius 2 is 1.93 bits per heavy atom. The molecule has 0 N–H and O–H groups in total. The van der Waals surface area contributed by atoms with Crippen LogP contribution in [0.1, 0.15) is 40.0 Å². The summed E-state index contributed by atoms with van der Waals surface area (Å²) in [5, 5.41) is 5.85. The fraction of sp³-hybridized carbons (Fsp3) is 0.552. The van der Waals surface area contributed by atoms with Gasteiger partial charge < -0.3 is 18.5 Å². The van der Waals surface area contributed by atoms with Crippen molar-refractivity contribution in [3.8, 4) is 17.3 Å². The normalized spacial score (nSPS) is 16.2. The number of fused-ring (bicyclic) bond motifs is 2. The van der Waals surface area contributed by atoms with Crippen molar-refractivity contribution in [2.24, 2.45) is 5.92 Å². The van der Waals surface area contributed by atoms with Gasteiger partial charge in [-0.15, -0.1) is 5.10 Å². The van der Waals surface area contributed by atoms with Crippen molar-refractivity contribution < 1.29 is 17.8 Å². The zero-order valence-corrected chi connectivity index (χ0v) is 26.3. The first-order chi connectivity index (χ1) is 19.0. The zero-order chi connectivity index (χ0) is 28.5. The monoisotopic (exact) mass is 583 g/mol. The number of anilines is 1. The minimum Gasteiger partial charge on any atom is -0.477 e. The van der Waals surface area contributed by atoms with Gasteiger partial charge in [0, 0.05) is 54.8 Å². The maximum Gasteiger partial charge on any atom is 0.231 e. The Balaban J connectivity index is 1.30. The predicted molar refractivity (Wildman–Crippen MR) is 163 cm³/mol.